The molecule has 4 rings (SSSR count). The third-order valence-corrected chi connectivity index (χ3v) is 6.16. The van der Waals surface area contributed by atoms with E-state index in [0.29, 0.717) is 12.1 Å². The van der Waals surface area contributed by atoms with E-state index in [-0.39, 0.29) is 5.56 Å². The molecule has 1 N–H and O–H groups in total. The van der Waals surface area contributed by atoms with Gasteiger partial charge >= 0.3 is 0 Å². The molecule has 4 heterocycles. The molecule has 5 heteroatoms. The van der Waals surface area contributed by atoms with E-state index in [0.717, 1.165) is 36.5 Å². The summed E-state index contributed by atoms with van der Waals surface area (Å²) in [5.41, 5.74) is 3.41. The first-order chi connectivity index (χ1) is 10.6. The Kier molecular flexibility index (Phi) is 3.42. The van der Waals surface area contributed by atoms with Gasteiger partial charge in [-0.3, -0.25) is 9.69 Å². The molecule has 4 nitrogen and oxygen atoms in total. The predicted molar refractivity (Wildman–Crippen MR) is 88.4 cm³/mol. The molecular weight excluding hydrogens is 294 g/mol. The maximum atomic E-state index is 12.3. The van der Waals surface area contributed by atoms with Crippen LogP contribution in [-0.4, -0.2) is 27.0 Å². The zero-order valence-electron chi connectivity index (χ0n) is 13.1. The van der Waals surface area contributed by atoms with E-state index < -0.39 is 0 Å². The van der Waals surface area contributed by atoms with Crippen LogP contribution in [-0.2, 0) is 19.4 Å². The number of nitrogens with one attached hydrogen (secondary N) is 1. The van der Waals surface area contributed by atoms with Crippen LogP contribution in [0.3, 0.4) is 0 Å². The smallest absolute Gasteiger partial charge is 0.254 e. The van der Waals surface area contributed by atoms with Crippen LogP contribution in [0.25, 0.3) is 0 Å². The van der Waals surface area contributed by atoms with Gasteiger partial charge in [0, 0.05) is 35.5 Å². The average molecular weight is 315 g/mol. The van der Waals surface area contributed by atoms with Crippen LogP contribution in [0.4, 0.5) is 0 Å². The normalized spacial score (nSPS) is 24.3. The lowest BCUT2D eigenvalue weighted by Gasteiger charge is -2.27. The molecule has 2 aliphatic rings. The minimum absolute atomic E-state index is 0.0716. The van der Waals surface area contributed by atoms with E-state index in [9.17, 15) is 4.79 Å². The minimum atomic E-state index is 0.0716. The summed E-state index contributed by atoms with van der Waals surface area (Å²) in [6, 6.07) is 3.21. The zero-order valence-corrected chi connectivity index (χ0v) is 13.9. The molecule has 0 spiro atoms. The van der Waals surface area contributed by atoms with Crippen molar-refractivity contribution in [3.05, 3.63) is 49.3 Å². The molecule has 0 amide bonds. The number of nitrogens with zero attached hydrogens (tertiary/aromatic N) is 2. The molecule has 22 heavy (non-hydrogen) atoms. The van der Waals surface area contributed by atoms with Gasteiger partial charge in [-0.2, -0.15) is 0 Å². The number of hydrogen-bond acceptors (Lipinski definition) is 4. The van der Waals surface area contributed by atoms with Crippen molar-refractivity contribution in [1.29, 1.82) is 0 Å². The van der Waals surface area contributed by atoms with Gasteiger partial charge < -0.3 is 4.98 Å². The van der Waals surface area contributed by atoms with Gasteiger partial charge in [0.2, 0.25) is 0 Å². The molecule has 0 saturated carbocycles. The van der Waals surface area contributed by atoms with Crippen molar-refractivity contribution in [3.8, 4) is 0 Å². The number of thiophene rings is 1. The fourth-order valence-electron chi connectivity index (χ4n) is 3.95. The Morgan fingerprint density at radius 2 is 2.09 bits per heavy atom. The van der Waals surface area contributed by atoms with E-state index >= 15 is 0 Å². The monoisotopic (exact) mass is 315 g/mol. The molecule has 2 aromatic heterocycles. The van der Waals surface area contributed by atoms with Crippen molar-refractivity contribution in [2.24, 2.45) is 0 Å². The molecule has 0 aliphatic carbocycles. The number of H-pyrrole nitrogens is 1. The maximum absolute atomic E-state index is 12.3. The lowest BCUT2D eigenvalue weighted by molar-refractivity contribution is 0.189. The molecule has 2 bridgehead atoms. The average Bonchev–Trinajstić information content (AvgIpc) is 2.97. The van der Waals surface area contributed by atoms with Crippen LogP contribution in [0.15, 0.2) is 16.2 Å². The van der Waals surface area contributed by atoms with Crippen molar-refractivity contribution in [2.75, 3.05) is 0 Å². The predicted octanol–water partition coefficient (Wildman–Crippen LogP) is 2.58. The van der Waals surface area contributed by atoms with Crippen LogP contribution in [0, 0.1) is 13.8 Å². The topological polar surface area (TPSA) is 49.0 Å². The van der Waals surface area contributed by atoms with Crippen molar-refractivity contribution in [1.82, 2.24) is 14.9 Å². The number of fused-ring (bicyclic) bond motifs is 3. The lowest BCUT2D eigenvalue weighted by Crippen LogP contribution is -2.36. The largest absolute Gasteiger partial charge is 0.311 e. The van der Waals surface area contributed by atoms with E-state index in [4.69, 9.17) is 0 Å². The van der Waals surface area contributed by atoms with Crippen LogP contribution < -0.4 is 5.56 Å². The highest BCUT2D eigenvalue weighted by Crippen LogP contribution is 2.34. The van der Waals surface area contributed by atoms with Gasteiger partial charge in [0.15, 0.2) is 0 Å². The van der Waals surface area contributed by atoms with E-state index in [1.165, 1.54) is 23.3 Å². The summed E-state index contributed by atoms with van der Waals surface area (Å²) in [5, 5.41) is 2.18. The second kappa shape index (κ2) is 5.32. The summed E-state index contributed by atoms with van der Waals surface area (Å²) >= 11 is 1.85. The molecule has 2 aromatic rings. The van der Waals surface area contributed by atoms with Crippen LogP contribution in [0.5, 0.6) is 0 Å². The number of aromatic amines is 1. The van der Waals surface area contributed by atoms with Gasteiger partial charge in [-0.1, -0.05) is 0 Å². The summed E-state index contributed by atoms with van der Waals surface area (Å²) in [6.45, 7) is 5.08. The fourth-order valence-corrected chi connectivity index (χ4v) is 4.86. The highest BCUT2D eigenvalue weighted by molar-refractivity contribution is 7.10. The molecule has 0 radical (unpaired) electrons. The maximum Gasteiger partial charge on any atom is 0.254 e. The van der Waals surface area contributed by atoms with E-state index in [2.05, 4.69) is 33.2 Å². The summed E-state index contributed by atoms with van der Waals surface area (Å²) in [7, 11) is 0. The molecule has 116 valence electrons. The fraction of sp³-hybridized carbons (Fsp3) is 0.529. The number of aryl methyl sites for hydroxylation is 2. The Balaban J connectivity index is 1.67. The minimum Gasteiger partial charge on any atom is -0.311 e. The Morgan fingerprint density at radius 3 is 2.82 bits per heavy atom. The molecule has 0 aromatic carbocycles. The second-order valence-corrected chi connectivity index (χ2v) is 7.57. The highest BCUT2D eigenvalue weighted by Gasteiger charge is 2.38. The number of hydrogen-bond donors (Lipinski definition) is 1. The summed E-state index contributed by atoms with van der Waals surface area (Å²) in [6.07, 6.45) is 4.18. The van der Waals surface area contributed by atoms with Gasteiger partial charge in [-0.05, 0) is 50.1 Å². The third kappa shape index (κ3) is 2.32. The molecule has 2 aliphatic heterocycles. The van der Waals surface area contributed by atoms with Gasteiger partial charge in [-0.15, -0.1) is 11.3 Å². The molecule has 2 atom stereocenters. The standard InChI is InChI=1S/C17H21N3OS/c1-10-5-6-22-16(10)9-20-12-3-4-13(20)8-15-14(7-12)17(21)19-11(2)18-15/h5-6,12-13H,3-4,7-9H2,1-2H3,(H,18,19,21). The molecular formula is C17H21N3OS. The van der Waals surface area contributed by atoms with E-state index in [1.54, 1.807) is 0 Å². The summed E-state index contributed by atoms with van der Waals surface area (Å²) < 4.78 is 0. The second-order valence-electron chi connectivity index (χ2n) is 6.57. The SMILES string of the molecule is Cc1nc2c(c(=O)[nH]1)CC1CCC(C2)N1Cc1sccc1C. The Hall–Kier alpha value is -1.46. The highest BCUT2D eigenvalue weighted by atomic mass is 32.1. The van der Waals surface area contributed by atoms with Crippen molar-refractivity contribution in [3.63, 3.8) is 0 Å². The van der Waals surface area contributed by atoms with Gasteiger partial charge in [-0.25, -0.2) is 4.98 Å². The first-order valence-corrected chi connectivity index (χ1v) is 8.87. The van der Waals surface area contributed by atoms with Gasteiger partial charge in [0.05, 0.1) is 5.69 Å². The Morgan fingerprint density at radius 1 is 1.32 bits per heavy atom. The summed E-state index contributed by atoms with van der Waals surface area (Å²) in [5.74, 6) is 0.738. The quantitative estimate of drug-likeness (QED) is 0.926. The van der Waals surface area contributed by atoms with E-state index in [1.807, 2.05) is 18.3 Å². The van der Waals surface area contributed by atoms with Crippen molar-refractivity contribution >= 4 is 11.3 Å². The summed E-state index contributed by atoms with van der Waals surface area (Å²) in [4.78, 5) is 23.9. The van der Waals surface area contributed by atoms with Crippen LogP contribution in [0.1, 0.15) is 40.4 Å². The van der Waals surface area contributed by atoms with Crippen molar-refractivity contribution < 1.29 is 0 Å². The zero-order chi connectivity index (χ0) is 15.3. The van der Waals surface area contributed by atoms with Crippen LogP contribution >= 0.6 is 11.3 Å². The first kappa shape index (κ1) is 14.2. The van der Waals surface area contributed by atoms with Gasteiger partial charge in [0.25, 0.3) is 5.56 Å². The molecule has 1 saturated heterocycles. The van der Waals surface area contributed by atoms with Crippen molar-refractivity contribution in [2.45, 2.75) is 58.2 Å². The first-order valence-electron chi connectivity index (χ1n) is 7.99. The molecule has 2 unspecified atom stereocenters. The number of rotatable bonds is 2. The molecule has 1 fully saturated rings. The number of aromatic nitrogens is 2. The van der Waals surface area contributed by atoms with Gasteiger partial charge in [0.1, 0.15) is 5.82 Å². The Labute approximate surface area is 134 Å². The Bertz CT molecular complexity index is 764. The van der Waals surface area contributed by atoms with Crippen LogP contribution in [0.2, 0.25) is 0 Å². The third-order valence-electron chi connectivity index (χ3n) is 5.15. The lowest BCUT2D eigenvalue weighted by atomic mass is 9.98.